The van der Waals surface area contributed by atoms with Gasteiger partial charge in [-0.1, -0.05) is 11.6 Å². The largest absolute Gasteiger partial charge is 0.433 e. The molecule has 0 N–H and O–H groups in total. The zero-order valence-corrected chi connectivity index (χ0v) is 12.4. The van der Waals surface area contributed by atoms with Gasteiger partial charge in [0, 0.05) is 11.2 Å². The van der Waals surface area contributed by atoms with Gasteiger partial charge in [0.2, 0.25) is 0 Å². The molecule has 0 spiro atoms. The van der Waals surface area contributed by atoms with Crippen LogP contribution in [-0.4, -0.2) is 15.0 Å². The van der Waals surface area contributed by atoms with Gasteiger partial charge in [0.1, 0.15) is 5.69 Å². The highest BCUT2D eigenvalue weighted by Crippen LogP contribution is 2.35. The monoisotopic (exact) mass is 347 g/mol. The molecule has 0 saturated carbocycles. The summed E-state index contributed by atoms with van der Waals surface area (Å²) in [4.78, 5) is 11.6. The SMILES string of the molecule is FC(F)(F)c1ccnc(Sc2nc3cc(Cl)ccc3s2)n1. The van der Waals surface area contributed by atoms with Crippen molar-refractivity contribution < 1.29 is 13.2 Å². The highest BCUT2D eigenvalue weighted by molar-refractivity contribution is 8.01. The van der Waals surface area contributed by atoms with Crippen LogP contribution in [0.15, 0.2) is 40.0 Å². The number of hydrogen-bond donors (Lipinski definition) is 0. The third kappa shape index (κ3) is 3.28. The van der Waals surface area contributed by atoms with Crippen molar-refractivity contribution in [1.82, 2.24) is 15.0 Å². The summed E-state index contributed by atoms with van der Waals surface area (Å²) in [7, 11) is 0. The van der Waals surface area contributed by atoms with Crippen LogP contribution in [-0.2, 0) is 6.18 Å². The Balaban J connectivity index is 1.91. The van der Waals surface area contributed by atoms with Gasteiger partial charge >= 0.3 is 6.18 Å². The molecule has 3 rings (SSSR count). The van der Waals surface area contributed by atoms with Crippen LogP contribution in [0.1, 0.15) is 5.69 Å². The molecule has 2 heterocycles. The molecule has 3 aromatic rings. The van der Waals surface area contributed by atoms with E-state index in [1.165, 1.54) is 11.3 Å². The Morgan fingerprint density at radius 2 is 1.95 bits per heavy atom. The Kier molecular flexibility index (Phi) is 3.76. The summed E-state index contributed by atoms with van der Waals surface area (Å²) in [6.07, 6.45) is -3.40. The summed E-state index contributed by atoms with van der Waals surface area (Å²) in [5.74, 6) is 0. The molecule has 21 heavy (non-hydrogen) atoms. The van der Waals surface area contributed by atoms with Crippen LogP contribution in [0.2, 0.25) is 5.02 Å². The first-order valence-electron chi connectivity index (χ1n) is 5.56. The highest BCUT2D eigenvalue weighted by Gasteiger charge is 2.32. The van der Waals surface area contributed by atoms with Gasteiger partial charge in [-0.15, -0.1) is 11.3 Å². The third-order valence-electron chi connectivity index (χ3n) is 2.43. The zero-order valence-electron chi connectivity index (χ0n) is 10.1. The number of fused-ring (bicyclic) bond motifs is 1. The Hall–Kier alpha value is -1.38. The van der Waals surface area contributed by atoms with E-state index in [0.717, 1.165) is 28.7 Å². The molecule has 0 aliphatic heterocycles. The van der Waals surface area contributed by atoms with E-state index in [1.807, 2.05) is 6.07 Å². The van der Waals surface area contributed by atoms with E-state index in [4.69, 9.17) is 11.6 Å². The maximum atomic E-state index is 12.6. The summed E-state index contributed by atoms with van der Waals surface area (Å²) < 4.78 is 39.2. The van der Waals surface area contributed by atoms with E-state index in [0.29, 0.717) is 14.9 Å². The first-order chi connectivity index (χ1) is 9.91. The number of thiazole rings is 1. The van der Waals surface area contributed by atoms with E-state index in [-0.39, 0.29) is 5.16 Å². The summed E-state index contributed by atoms with van der Waals surface area (Å²) >= 11 is 8.20. The molecule has 0 amide bonds. The first-order valence-corrected chi connectivity index (χ1v) is 7.57. The summed E-state index contributed by atoms with van der Waals surface area (Å²) in [6.45, 7) is 0. The Morgan fingerprint density at radius 1 is 1.14 bits per heavy atom. The first kappa shape index (κ1) is 14.6. The molecule has 0 aliphatic carbocycles. The predicted molar refractivity (Wildman–Crippen MR) is 75.8 cm³/mol. The second kappa shape index (κ2) is 5.43. The normalized spacial score (nSPS) is 12.0. The van der Waals surface area contributed by atoms with E-state index in [1.54, 1.807) is 12.1 Å². The zero-order chi connectivity index (χ0) is 15.0. The van der Waals surface area contributed by atoms with Gasteiger partial charge < -0.3 is 0 Å². The minimum Gasteiger partial charge on any atom is -0.231 e. The lowest BCUT2D eigenvalue weighted by Crippen LogP contribution is -2.08. The molecule has 0 fully saturated rings. The lowest BCUT2D eigenvalue weighted by atomic mass is 10.3. The van der Waals surface area contributed by atoms with Crippen molar-refractivity contribution in [3.05, 3.63) is 41.2 Å². The summed E-state index contributed by atoms with van der Waals surface area (Å²) in [5, 5.41) is 0.564. The molecule has 0 radical (unpaired) electrons. The minimum atomic E-state index is -4.49. The maximum absolute atomic E-state index is 12.6. The van der Waals surface area contributed by atoms with Crippen molar-refractivity contribution in [2.75, 3.05) is 0 Å². The van der Waals surface area contributed by atoms with E-state index >= 15 is 0 Å². The average Bonchev–Trinajstić information content (AvgIpc) is 2.79. The molecule has 9 heteroatoms. The minimum absolute atomic E-state index is 0.00924. The molecule has 0 saturated heterocycles. The summed E-state index contributed by atoms with van der Waals surface area (Å²) in [6, 6.07) is 6.08. The van der Waals surface area contributed by atoms with Gasteiger partial charge in [-0.25, -0.2) is 15.0 Å². The van der Waals surface area contributed by atoms with Crippen molar-refractivity contribution in [3.8, 4) is 0 Å². The van der Waals surface area contributed by atoms with Crippen molar-refractivity contribution >= 4 is 44.9 Å². The van der Waals surface area contributed by atoms with Crippen LogP contribution in [0.4, 0.5) is 13.2 Å². The van der Waals surface area contributed by atoms with Crippen LogP contribution in [0, 0.1) is 0 Å². The molecule has 108 valence electrons. The lowest BCUT2D eigenvalue weighted by molar-refractivity contribution is -0.141. The molecular formula is C12H5ClF3N3S2. The second-order valence-corrected chi connectivity index (χ2v) is 6.60. The fraction of sp³-hybridized carbons (Fsp3) is 0.0833. The number of halogens is 4. The maximum Gasteiger partial charge on any atom is 0.433 e. The number of rotatable bonds is 2. The van der Waals surface area contributed by atoms with Gasteiger partial charge in [-0.2, -0.15) is 13.2 Å². The van der Waals surface area contributed by atoms with Crippen molar-refractivity contribution in [2.24, 2.45) is 0 Å². The Morgan fingerprint density at radius 3 is 2.71 bits per heavy atom. The number of aromatic nitrogens is 3. The Bertz CT molecular complexity index is 804. The number of hydrogen-bond acceptors (Lipinski definition) is 5. The van der Waals surface area contributed by atoms with Crippen LogP contribution >= 0.6 is 34.7 Å². The number of nitrogens with zero attached hydrogens (tertiary/aromatic N) is 3. The molecule has 2 aromatic heterocycles. The highest BCUT2D eigenvalue weighted by atomic mass is 35.5. The van der Waals surface area contributed by atoms with Crippen LogP contribution in [0.3, 0.4) is 0 Å². The third-order valence-corrected chi connectivity index (χ3v) is 4.64. The number of alkyl halides is 3. The summed E-state index contributed by atoms with van der Waals surface area (Å²) in [5.41, 5.74) is -0.272. The predicted octanol–water partition coefficient (Wildman–Crippen LogP) is 4.91. The molecule has 0 aliphatic rings. The van der Waals surface area contributed by atoms with Crippen molar-refractivity contribution in [1.29, 1.82) is 0 Å². The topological polar surface area (TPSA) is 38.7 Å². The smallest absolute Gasteiger partial charge is 0.231 e. The molecule has 0 atom stereocenters. The van der Waals surface area contributed by atoms with E-state index < -0.39 is 11.9 Å². The van der Waals surface area contributed by atoms with Crippen LogP contribution in [0.25, 0.3) is 10.2 Å². The van der Waals surface area contributed by atoms with Gasteiger partial charge in [0.15, 0.2) is 9.50 Å². The fourth-order valence-corrected chi connectivity index (χ4v) is 3.61. The molecule has 3 nitrogen and oxygen atoms in total. The lowest BCUT2D eigenvalue weighted by Gasteiger charge is -2.05. The molecule has 1 aromatic carbocycles. The quantitative estimate of drug-likeness (QED) is 0.617. The van der Waals surface area contributed by atoms with Crippen LogP contribution < -0.4 is 0 Å². The van der Waals surface area contributed by atoms with Crippen molar-refractivity contribution in [3.63, 3.8) is 0 Å². The van der Waals surface area contributed by atoms with Crippen molar-refractivity contribution in [2.45, 2.75) is 15.7 Å². The van der Waals surface area contributed by atoms with Gasteiger partial charge in [0.25, 0.3) is 0 Å². The van der Waals surface area contributed by atoms with E-state index in [9.17, 15) is 13.2 Å². The van der Waals surface area contributed by atoms with Gasteiger partial charge in [-0.3, -0.25) is 0 Å². The molecular weight excluding hydrogens is 343 g/mol. The Labute approximate surface area is 130 Å². The number of benzene rings is 1. The second-order valence-electron chi connectivity index (χ2n) is 3.92. The van der Waals surface area contributed by atoms with Crippen LogP contribution in [0.5, 0.6) is 0 Å². The van der Waals surface area contributed by atoms with Gasteiger partial charge in [0.05, 0.1) is 10.2 Å². The van der Waals surface area contributed by atoms with Gasteiger partial charge in [-0.05, 0) is 36.0 Å². The molecule has 0 bridgehead atoms. The van der Waals surface area contributed by atoms with E-state index in [2.05, 4.69) is 15.0 Å². The fourth-order valence-electron chi connectivity index (χ4n) is 1.55. The molecule has 0 unspecified atom stereocenters. The standard InChI is InChI=1S/C12H5ClF3N3S2/c13-6-1-2-8-7(5-6)18-11(20-8)21-10-17-4-3-9(19-10)12(14,15)16/h1-5H. The average molecular weight is 348 g/mol.